The van der Waals surface area contributed by atoms with Crippen molar-refractivity contribution in [2.75, 3.05) is 13.2 Å². The van der Waals surface area contributed by atoms with Crippen molar-refractivity contribution in [2.24, 2.45) is 17.3 Å². The third-order valence-electron chi connectivity index (χ3n) is 9.79. The monoisotopic (exact) mass is 696 g/mol. The van der Waals surface area contributed by atoms with Gasteiger partial charge >= 0.3 is 11.9 Å². The van der Waals surface area contributed by atoms with Crippen molar-refractivity contribution in [3.8, 4) is 0 Å². The Hall–Kier alpha value is -3.08. The second kappa shape index (κ2) is 20.7. The Bertz CT molecular complexity index is 1290. The molecule has 9 heteroatoms. The first-order chi connectivity index (χ1) is 23.8. The Morgan fingerprint density at radius 2 is 1.92 bits per heavy atom. The minimum absolute atomic E-state index is 0.0218. The Balaban J connectivity index is 1.71. The van der Waals surface area contributed by atoms with E-state index in [-0.39, 0.29) is 43.9 Å². The van der Waals surface area contributed by atoms with Crippen molar-refractivity contribution in [2.45, 2.75) is 129 Å². The van der Waals surface area contributed by atoms with Crippen molar-refractivity contribution in [1.82, 2.24) is 0 Å². The fourth-order valence-corrected chi connectivity index (χ4v) is 6.27. The molecule has 3 aliphatic heterocycles. The van der Waals surface area contributed by atoms with Crippen LogP contribution in [0.25, 0.3) is 0 Å². The topological polar surface area (TPSA) is 132 Å². The van der Waals surface area contributed by atoms with Gasteiger partial charge in [-0.1, -0.05) is 101 Å². The second-order valence-corrected chi connectivity index (χ2v) is 14.6. The average Bonchev–Trinajstić information content (AvgIpc) is 3.07. The lowest BCUT2D eigenvalue weighted by Crippen LogP contribution is -2.55. The van der Waals surface area contributed by atoms with Crippen molar-refractivity contribution >= 4 is 11.9 Å². The number of aliphatic hydroxyl groups is 3. The molecule has 0 aromatic carbocycles. The minimum Gasteiger partial charge on any atom is -0.459 e. The molecule has 0 unspecified atom stereocenters. The highest BCUT2D eigenvalue weighted by Gasteiger charge is 2.49. The van der Waals surface area contributed by atoms with Gasteiger partial charge < -0.3 is 34.3 Å². The van der Waals surface area contributed by atoms with E-state index in [4.69, 9.17) is 18.9 Å². The summed E-state index contributed by atoms with van der Waals surface area (Å²) >= 11 is 0. The first-order valence-corrected chi connectivity index (χ1v) is 18.1. The van der Waals surface area contributed by atoms with E-state index in [0.29, 0.717) is 38.0 Å². The molecule has 2 saturated heterocycles. The molecule has 0 spiro atoms. The van der Waals surface area contributed by atoms with Crippen LogP contribution in [0.4, 0.5) is 0 Å². The highest BCUT2D eigenvalue weighted by Crippen LogP contribution is 2.41. The molecular formula is C41H60O9. The zero-order valence-corrected chi connectivity index (χ0v) is 30.6. The summed E-state index contributed by atoms with van der Waals surface area (Å²) in [7, 11) is 0. The Morgan fingerprint density at radius 3 is 2.66 bits per heavy atom. The van der Waals surface area contributed by atoms with Gasteiger partial charge in [-0.3, -0.25) is 0 Å². The van der Waals surface area contributed by atoms with Crippen LogP contribution in [0.15, 0.2) is 84.6 Å². The molecule has 4 bridgehead atoms. The van der Waals surface area contributed by atoms with E-state index in [1.54, 1.807) is 18.2 Å². The smallest absolute Gasteiger partial charge is 0.335 e. The molecule has 0 saturated carbocycles. The standard InChI is InChI=1S/C41H60O9/c1-28(2)21-22-30(4)26-47-40(46)34(43)18-13-14-19-37-41(6,27-42)38-25-33(49-37)17-10-7-9-15-29(3)23-36-31(5)35(44)24-32(48-36)16-11-8-12-20-39(45)50-38/h8-15,17,20,23,28,31-38,42-44H,4,7,16,18-19,21-22,24-27H2,1-3,5-6H3/b11-8-,14-13+,15-9-,17-10-,20-12-,29-23-/t31-,32+,33-,34+,35+,36-,37+,38-,41+/m1/s1. The maximum absolute atomic E-state index is 13.0. The molecule has 0 aromatic heterocycles. The van der Waals surface area contributed by atoms with Crippen LogP contribution in [0.1, 0.15) is 86.0 Å². The van der Waals surface area contributed by atoms with Crippen LogP contribution in [-0.2, 0) is 28.5 Å². The number of aliphatic hydroxyl groups excluding tert-OH is 3. The van der Waals surface area contributed by atoms with E-state index in [1.165, 1.54) is 6.08 Å². The van der Waals surface area contributed by atoms with Crippen molar-refractivity contribution in [3.63, 3.8) is 0 Å². The third-order valence-corrected chi connectivity index (χ3v) is 9.79. The Kier molecular flexibility index (Phi) is 17.1. The van der Waals surface area contributed by atoms with Gasteiger partial charge in [-0.2, -0.15) is 0 Å². The number of carbonyl (C=O) groups excluding carboxylic acids is 2. The number of hydrogen-bond donors (Lipinski definition) is 3. The van der Waals surface area contributed by atoms with Crippen molar-refractivity contribution in [1.29, 1.82) is 0 Å². The van der Waals surface area contributed by atoms with Crippen LogP contribution in [-0.4, -0.2) is 83.2 Å². The molecule has 9 atom stereocenters. The summed E-state index contributed by atoms with van der Waals surface area (Å²) in [6.07, 6.45) is 21.0. The van der Waals surface area contributed by atoms with Crippen molar-refractivity contribution < 1.29 is 43.9 Å². The number of fused-ring (bicyclic) bond motifs is 4. The fourth-order valence-electron chi connectivity index (χ4n) is 6.27. The van der Waals surface area contributed by atoms with E-state index >= 15 is 0 Å². The summed E-state index contributed by atoms with van der Waals surface area (Å²) in [6.45, 7) is 13.9. The first-order valence-electron chi connectivity index (χ1n) is 18.1. The molecule has 278 valence electrons. The summed E-state index contributed by atoms with van der Waals surface area (Å²) in [5.41, 5.74) is 0.954. The van der Waals surface area contributed by atoms with Crippen LogP contribution in [0.5, 0.6) is 0 Å². The van der Waals surface area contributed by atoms with E-state index in [0.717, 1.165) is 24.0 Å². The second-order valence-electron chi connectivity index (χ2n) is 14.6. The van der Waals surface area contributed by atoms with Gasteiger partial charge in [0.05, 0.1) is 42.5 Å². The van der Waals surface area contributed by atoms with E-state index in [1.807, 2.05) is 57.2 Å². The molecule has 0 aliphatic carbocycles. The minimum atomic E-state index is -1.31. The van der Waals surface area contributed by atoms with E-state index < -0.39 is 41.8 Å². The number of carbonyl (C=O) groups is 2. The molecule has 50 heavy (non-hydrogen) atoms. The third kappa shape index (κ3) is 13.2. The van der Waals surface area contributed by atoms with Crippen LogP contribution in [0, 0.1) is 17.3 Å². The maximum atomic E-state index is 13.0. The lowest BCUT2D eigenvalue weighted by atomic mass is 9.73. The van der Waals surface area contributed by atoms with Gasteiger partial charge in [-0.25, -0.2) is 9.59 Å². The Labute approximate surface area is 299 Å². The molecule has 0 amide bonds. The lowest BCUT2D eigenvalue weighted by molar-refractivity contribution is -0.198. The Morgan fingerprint density at radius 1 is 1.14 bits per heavy atom. The molecular weight excluding hydrogens is 636 g/mol. The van der Waals surface area contributed by atoms with Gasteiger partial charge in [0.1, 0.15) is 12.7 Å². The van der Waals surface area contributed by atoms with E-state index in [2.05, 4.69) is 26.5 Å². The van der Waals surface area contributed by atoms with E-state index in [9.17, 15) is 24.9 Å². The molecule has 9 nitrogen and oxygen atoms in total. The first kappa shape index (κ1) is 41.3. The van der Waals surface area contributed by atoms with Gasteiger partial charge in [0, 0.05) is 31.3 Å². The molecule has 2 fully saturated rings. The predicted molar refractivity (Wildman–Crippen MR) is 195 cm³/mol. The summed E-state index contributed by atoms with van der Waals surface area (Å²) in [5, 5.41) is 31.6. The number of hydrogen-bond acceptors (Lipinski definition) is 9. The predicted octanol–water partition coefficient (Wildman–Crippen LogP) is 6.41. The summed E-state index contributed by atoms with van der Waals surface area (Å²) in [5.74, 6) is -0.720. The number of allylic oxidation sites excluding steroid dienone is 6. The van der Waals surface area contributed by atoms with Gasteiger partial charge in [0.2, 0.25) is 0 Å². The van der Waals surface area contributed by atoms with Crippen LogP contribution in [0.2, 0.25) is 0 Å². The van der Waals surface area contributed by atoms with Crippen LogP contribution >= 0.6 is 0 Å². The van der Waals surface area contributed by atoms with Crippen molar-refractivity contribution in [3.05, 3.63) is 84.6 Å². The molecule has 3 heterocycles. The number of esters is 2. The molecule has 0 aromatic rings. The zero-order valence-electron chi connectivity index (χ0n) is 30.6. The number of rotatable bonds is 11. The van der Waals surface area contributed by atoms with Crippen LogP contribution < -0.4 is 0 Å². The molecule has 3 aliphatic rings. The largest absolute Gasteiger partial charge is 0.459 e. The fraction of sp³-hybridized carbons (Fsp3) is 0.610. The summed E-state index contributed by atoms with van der Waals surface area (Å²) in [4.78, 5) is 25.3. The molecule has 3 rings (SSSR count). The van der Waals surface area contributed by atoms with Gasteiger partial charge in [-0.15, -0.1) is 0 Å². The molecule has 3 N–H and O–H groups in total. The highest BCUT2D eigenvalue weighted by atomic mass is 16.6. The average molecular weight is 697 g/mol. The molecule has 0 radical (unpaired) electrons. The highest BCUT2D eigenvalue weighted by molar-refractivity contribution is 5.82. The SMILES string of the molecule is C=C(CCC(C)C)COC(=O)[C@@H](O)C/C=C/C[C@@H]1O[C@@H]2/C=C\C/C=C\C(C)=C/[C@H]3O[C@@H](C/C=C\C=C/C(=O)O[C@H](C2)[C@@]1(C)CO)C[C@H](O)[C@H]3C. The maximum Gasteiger partial charge on any atom is 0.335 e. The summed E-state index contributed by atoms with van der Waals surface area (Å²) < 4.78 is 23.9. The van der Waals surface area contributed by atoms with Gasteiger partial charge in [0.15, 0.2) is 6.10 Å². The zero-order chi connectivity index (χ0) is 36.7. The summed E-state index contributed by atoms with van der Waals surface area (Å²) in [6, 6.07) is 0. The van der Waals surface area contributed by atoms with Gasteiger partial charge in [0.25, 0.3) is 0 Å². The lowest BCUT2D eigenvalue weighted by Gasteiger charge is -2.47. The van der Waals surface area contributed by atoms with Crippen LogP contribution in [0.3, 0.4) is 0 Å². The number of ether oxygens (including phenoxy) is 4. The van der Waals surface area contributed by atoms with Gasteiger partial charge in [-0.05, 0) is 50.5 Å². The normalized spacial score (nSPS) is 35.3. The quantitative estimate of drug-likeness (QED) is 0.166.